The monoisotopic (exact) mass is 532 g/mol. The zero-order valence-electron chi connectivity index (χ0n) is 15.1. The minimum absolute atomic E-state index is 0.0860. The SMILES string of the molecule is O=C(Cl)C(Cl)CS(=O)(=O)c1ccccc1.O=C(Cl)CC(Cl)S(=O)(=O)c1ccccc1. The Kier molecular flexibility index (Phi) is 10.8. The molecule has 0 N–H and O–H groups in total. The number of alkyl halides is 2. The van der Waals surface area contributed by atoms with Gasteiger partial charge in [0.05, 0.1) is 22.0 Å². The second kappa shape index (κ2) is 12.0. The average Bonchev–Trinajstić information content (AvgIpc) is 2.69. The number of sulfone groups is 2. The lowest BCUT2D eigenvalue weighted by molar-refractivity contribution is -0.112. The number of rotatable bonds is 8. The number of halogens is 4. The van der Waals surface area contributed by atoms with Gasteiger partial charge in [0.2, 0.25) is 10.5 Å². The lowest BCUT2D eigenvalue weighted by Crippen LogP contribution is -2.21. The van der Waals surface area contributed by atoms with E-state index < -0.39 is 52.4 Å². The van der Waals surface area contributed by atoms with Crippen LogP contribution in [0.1, 0.15) is 6.42 Å². The fourth-order valence-corrected chi connectivity index (χ4v) is 5.92. The molecule has 0 aliphatic carbocycles. The second-order valence-corrected chi connectivity index (χ2v) is 12.0. The van der Waals surface area contributed by atoms with Crippen molar-refractivity contribution >= 4 is 76.6 Å². The van der Waals surface area contributed by atoms with Gasteiger partial charge in [-0.2, -0.15) is 0 Å². The Morgan fingerprint density at radius 2 is 1.20 bits per heavy atom. The summed E-state index contributed by atoms with van der Waals surface area (Å²) in [6, 6.07) is 15.5. The molecule has 0 aliphatic rings. The molecule has 0 saturated carbocycles. The quantitative estimate of drug-likeness (QED) is 0.375. The molecular formula is C18H16Cl4O6S2. The van der Waals surface area contributed by atoms with Crippen molar-refractivity contribution in [1.29, 1.82) is 0 Å². The number of benzene rings is 2. The highest BCUT2D eigenvalue weighted by atomic mass is 35.5. The van der Waals surface area contributed by atoms with E-state index in [1.807, 2.05) is 0 Å². The lowest BCUT2D eigenvalue weighted by atomic mass is 10.4. The van der Waals surface area contributed by atoms with Crippen LogP contribution < -0.4 is 0 Å². The van der Waals surface area contributed by atoms with Crippen LogP contribution in [0.5, 0.6) is 0 Å². The Balaban J connectivity index is 0.000000300. The van der Waals surface area contributed by atoms with Crippen LogP contribution in [0.4, 0.5) is 0 Å². The highest BCUT2D eigenvalue weighted by molar-refractivity contribution is 7.93. The smallest absolute Gasteiger partial charge is 0.240 e. The van der Waals surface area contributed by atoms with Crippen LogP contribution in [0.3, 0.4) is 0 Å². The summed E-state index contributed by atoms with van der Waals surface area (Å²) in [4.78, 5) is 21.4. The van der Waals surface area contributed by atoms with Gasteiger partial charge in [-0.15, -0.1) is 23.2 Å². The van der Waals surface area contributed by atoms with E-state index in [0.717, 1.165) is 0 Å². The van der Waals surface area contributed by atoms with E-state index in [-0.39, 0.29) is 9.79 Å². The number of carbonyl (C=O) groups is 2. The summed E-state index contributed by atoms with van der Waals surface area (Å²) in [6.45, 7) is 0. The highest BCUT2D eigenvalue weighted by Gasteiger charge is 2.27. The summed E-state index contributed by atoms with van der Waals surface area (Å²) in [7, 11) is -7.22. The maximum Gasteiger partial charge on any atom is 0.240 e. The first-order valence-corrected chi connectivity index (χ1v) is 12.9. The van der Waals surface area contributed by atoms with Crippen LogP contribution in [0.25, 0.3) is 0 Å². The predicted molar refractivity (Wildman–Crippen MR) is 118 cm³/mol. The summed E-state index contributed by atoms with van der Waals surface area (Å²) < 4.78 is 45.4. The van der Waals surface area contributed by atoms with Gasteiger partial charge in [0.25, 0.3) is 0 Å². The van der Waals surface area contributed by atoms with Gasteiger partial charge in [0, 0.05) is 0 Å². The van der Waals surface area contributed by atoms with Gasteiger partial charge < -0.3 is 0 Å². The van der Waals surface area contributed by atoms with Gasteiger partial charge in [-0.3, -0.25) is 9.59 Å². The molecule has 2 aromatic carbocycles. The lowest BCUT2D eigenvalue weighted by Gasteiger charge is -2.08. The maximum absolute atomic E-state index is 11.7. The molecule has 0 saturated heterocycles. The van der Waals surface area contributed by atoms with E-state index in [0.29, 0.717) is 0 Å². The Morgan fingerprint density at radius 1 is 0.767 bits per heavy atom. The van der Waals surface area contributed by atoms with Gasteiger partial charge in [0.1, 0.15) is 10.1 Å². The molecule has 2 unspecified atom stereocenters. The standard InChI is InChI=1S/2C9H8Cl2O3S/c10-8(9(11)12)6-15(13,14)7-4-2-1-3-5-7;10-8(12)6-9(11)15(13,14)7-4-2-1-3-5-7/h1-5,8H,6H2;1-5,9H,6H2. The Labute approximate surface area is 194 Å². The van der Waals surface area contributed by atoms with Gasteiger partial charge in [0.15, 0.2) is 19.7 Å². The molecule has 12 heteroatoms. The molecule has 0 amide bonds. The minimum atomic E-state index is -3.67. The summed E-state index contributed by atoms with van der Waals surface area (Å²) in [5.41, 5.74) is 0. The highest BCUT2D eigenvalue weighted by Crippen LogP contribution is 2.21. The van der Waals surface area contributed by atoms with Crippen LogP contribution in [-0.2, 0) is 29.3 Å². The molecule has 30 heavy (non-hydrogen) atoms. The predicted octanol–water partition coefficient (Wildman–Crippen LogP) is 4.01. The van der Waals surface area contributed by atoms with Crippen molar-refractivity contribution in [1.82, 2.24) is 0 Å². The Hall–Kier alpha value is -1.16. The molecule has 164 valence electrons. The van der Waals surface area contributed by atoms with Crippen LogP contribution in [0.15, 0.2) is 70.5 Å². The summed E-state index contributed by atoms with van der Waals surface area (Å²) in [6.07, 6.45) is -0.402. The molecule has 0 bridgehead atoms. The van der Waals surface area contributed by atoms with Crippen LogP contribution in [0, 0.1) is 0 Å². The first-order valence-electron chi connectivity index (χ1n) is 8.10. The van der Waals surface area contributed by atoms with E-state index >= 15 is 0 Å². The van der Waals surface area contributed by atoms with E-state index in [2.05, 4.69) is 0 Å². The Morgan fingerprint density at radius 3 is 1.60 bits per heavy atom. The van der Waals surface area contributed by atoms with Crippen molar-refractivity contribution in [2.45, 2.75) is 26.3 Å². The molecule has 0 fully saturated rings. The molecule has 2 aromatic rings. The fraction of sp³-hybridized carbons (Fsp3) is 0.222. The molecule has 6 nitrogen and oxygen atoms in total. The average molecular weight is 534 g/mol. The summed E-state index contributed by atoms with van der Waals surface area (Å²) >= 11 is 21.3. The van der Waals surface area contributed by atoms with E-state index in [4.69, 9.17) is 46.4 Å². The van der Waals surface area contributed by atoms with Crippen molar-refractivity contribution in [2.75, 3.05) is 5.75 Å². The molecule has 2 rings (SSSR count). The molecule has 0 heterocycles. The van der Waals surface area contributed by atoms with Crippen LogP contribution >= 0.6 is 46.4 Å². The van der Waals surface area contributed by atoms with Gasteiger partial charge in [-0.1, -0.05) is 36.4 Å². The summed E-state index contributed by atoms with van der Waals surface area (Å²) in [5, 5.41) is -2.84. The number of hydrogen-bond donors (Lipinski definition) is 0. The van der Waals surface area contributed by atoms with Crippen molar-refractivity contribution in [2.24, 2.45) is 0 Å². The third kappa shape index (κ3) is 8.53. The van der Waals surface area contributed by atoms with Crippen LogP contribution in [0.2, 0.25) is 0 Å². The van der Waals surface area contributed by atoms with E-state index in [1.165, 1.54) is 24.3 Å². The fourth-order valence-electron chi connectivity index (χ4n) is 1.98. The van der Waals surface area contributed by atoms with E-state index in [1.54, 1.807) is 36.4 Å². The number of carbonyl (C=O) groups excluding carboxylic acids is 2. The molecule has 0 radical (unpaired) electrons. The van der Waals surface area contributed by atoms with Crippen molar-refractivity contribution in [3.8, 4) is 0 Å². The third-order valence-corrected chi connectivity index (χ3v) is 8.90. The summed E-state index contributed by atoms with van der Waals surface area (Å²) in [5.74, 6) is -0.485. The minimum Gasteiger partial charge on any atom is -0.281 e. The van der Waals surface area contributed by atoms with Crippen molar-refractivity contribution < 1.29 is 26.4 Å². The molecule has 0 aliphatic heterocycles. The van der Waals surface area contributed by atoms with E-state index in [9.17, 15) is 26.4 Å². The molecular weight excluding hydrogens is 518 g/mol. The van der Waals surface area contributed by atoms with Gasteiger partial charge >= 0.3 is 0 Å². The first-order chi connectivity index (χ1) is 13.9. The zero-order chi connectivity index (χ0) is 22.9. The van der Waals surface area contributed by atoms with Gasteiger partial charge in [-0.25, -0.2) is 16.8 Å². The van der Waals surface area contributed by atoms with Crippen LogP contribution in [-0.4, -0.2) is 43.2 Å². The van der Waals surface area contributed by atoms with Crippen molar-refractivity contribution in [3.05, 3.63) is 60.7 Å². The molecule has 2 atom stereocenters. The zero-order valence-corrected chi connectivity index (χ0v) is 19.8. The number of hydrogen-bond acceptors (Lipinski definition) is 6. The topological polar surface area (TPSA) is 102 Å². The second-order valence-electron chi connectivity index (χ2n) is 5.69. The normalized spacial score (nSPS) is 13.5. The Bertz CT molecular complexity index is 1060. The largest absolute Gasteiger partial charge is 0.281 e. The van der Waals surface area contributed by atoms with Gasteiger partial charge in [-0.05, 0) is 47.5 Å². The maximum atomic E-state index is 11.7. The van der Waals surface area contributed by atoms with Crippen molar-refractivity contribution in [3.63, 3.8) is 0 Å². The first kappa shape index (κ1) is 26.9. The molecule has 0 spiro atoms. The third-order valence-electron chi connectivity index (χ3n) is 3.44. The molecule has 0 aromatic heterocycles.